The maximum absolute atomic E-state index is 13.2. The molecule has 1 aromatic rings. The van der Waals surface area contributed by atoms with Crippen molar-refractivity contribution >= 4 is 0 Å². The maximum Gasteiger partial charge on any atom is 0.419 e. The average Bonchev–Trinajstić information content (AvgIpc) is 2.30. The number of nitrogens with one attached hydrogen (secondary N) is 1. The van der Waals surface area contributed by atoms with Crippen molar-refractivity contribution in [2.24, 2.45) is 0 Å². The lowest BCUT2D eigenvalue weighted by Gasteiger charge is -2.33. The molecule has 1 rings (SSSR count). The lowest BCUT2D eigenvalue weighted by Crippen LogP contribution is -2.39. The van der Waals surface area contributed by atoms with Crippen molar-refractivity contribution in [1.29, 1.82) is 0 Å². The van der Waals surface area contributed by atoms with Crippen molar-refractivity contribution in [3.05, 3.63) is 35.1 Å². The highest BCUT2D eigenvalue weighted by molar-refractivity contribution is 5.30. The van der Waals surface area contributed by atoms with E-state index in [1.807, 2.05) is 0 Å². The summed E-state index contributed by atoms with van der Waals surface area (Å²) in [5, 5.41) is 2.89. The molecule has 0 fully saturated rings. The van der Waals surface area contributed by atoms with Gasteiger partial charge in [0.05, 0.1) is 17.2 Å². The zero-order valence-corrected chi connectivity index (χ0v) is 11.2. The third kappa shape index (κ3) is 3.45. The van der Waals surface area contributed by atoms with Gasteiger partial charge in [0.2, 0.25) is 0 Å². The van der Waals surface area contributed by atoms with Gasteiger partial charge in [-0.15, -0.1) is 0 Å². The number of ether oxygens (including phenoxy) is 1. The minimum Gasteiger partial charge on any atom is -0.377 e. The highest BCUT2D eigenvalue weighted by Crippen LogP contribution is 2.35. The molecule has 0 bridgehead atoms. The van der Waals surface area contributed by atoms with Gasteiger partial charge in [-0.2, -0.15) is 13.2 Å². The molecule has 0 radical (unpaired) electrons. The Hall–Kier alpha value is -1.14. The first-order chi connectivity index (χ1) is 8.63. The number of methoxy groups -OCH3 is 1. The highest BCUT2D eigenvalue weighted by atomic mass is 19.4. The van der Waals surface area contributed by atoms with E-state index in [1.54, 1.807) is 20.9 Å². The third-order valence-electron chi connectivity index (χ3n) is 3.14. The van der Waals surface area contributed by atoms with Crippen LogP contribution in [0, 0.1) is 5.82 Å². The van der Waals surface area contributed by atoms with Gasteiger partial charge in [-0.1, -0.05) is 6.07 Å². The Labute approximate surface area is 109 Å². The fourth-order valence-electron chi connectivity index (χ4n) is 1.97. The summed E-state index contributed by atoms with van der Waals surface area (Å²) in [4.78, 5) is 0. The van der Waals surface area contributed by atoms with Gasteiger partial charge >= 0.3 is 6.18 Å². The molecule has 1 N–H and O–H groups in total. The minimum absolute atomic E-state index is 0.322. The van der Waals surface area contributed by atoms with E-state index in [1.165, 1.54) is 13.2 Å². The van der Waals surface area contributed by atoms with Gasteiger partial charge in [0.25, 0.3) is 0 Å². The molecule has 0 amide bonds. The van der Waals surface area contributed by atoms with Crippen LogP contribution in [0.2, 0.25) is 0 Å². The molecule has 0 aliphatic carbocycles. The lowest BCUT2D eigenvalue weighted by atomic mass is 9.90. The molecule has 0 spiro atoms. The van der Waals surface area contributed by atoms with Crippen LogP contribution in [-0.2, 0) is 10.9 Å². The first-order valence-electron chi connectivity index (χ1n) is 5.72. The second kappa shape index (κ2) is 5.46. The van der Waals surface area contributed by atoms with E-state index in [-0.39, 0.29) is 0 Å². The van der Waals surface area contributed by atoms with Crippen LogP contribution >= 0.6 is 0 Å². The van der Waals surface area contributed by atoms with E-state index in [2.05, 4.69) is 5.32 Å². The Morgan fingerprint density at radius 2 is 1.79 bits per heavy atom. The SMILES string of the molecule is CNC(c1ccc(F)c(C(F)(F)F)c1)C(C)(C)OC. The van der Waals surface area contributed by atoms with E-state index in [0.29, 0.717) is 5.56 Å². The summed E-state index contributed by atoms with van der Waals surface area (Å²) in [6, 6.07) is 2.48. The molecule has 0 saturated heterocycles. The minimum atomic E-state index is -4.71. The molecular formula is C13H17F4NO. The first kappa shape index (κ1) is 15.9. The number of benzene rings is 1. The molecule has 6 heteroatoms. The Morgan fingerprint density at radius 1 is 1.21 bits per heavy atom. The van der Waals surface area contributed by atoms with E-state index in [9.17, 15) is 17.6 Å². The van der Waals surface area contributed by atoms with E-state index in [0.717, 1.165) is 12.1 Å². The predicted molar refractivity (Wildman–Crippen MR) is 64.3 cm³/mol. The largest absolute Gasteiger partial charge is 0.419 e. The lowest BCUT2D eigenvalue weighted by molar-refractivity contribution is -0.140. The van der Waals surface area contributed by atoms with Gasteiger partial charge < -0.3 is 10.1 Å². The van der Waals surface area contributed by atoms with Crippen LogP contribution in [-0.4, -0.2) is 19.8 Å². The average molecular weight is 279 g/mol. The smallest absolute Gasteiger partial charge is 0.377 e. The van der Waals surface area contributed by atoms with Crippen molar-refractivity contribution in [3.8, 4) is 0 Å². The van der Waals surface area contributed by atoms with Crippen molar-refractivity contribution < 1.29 is 22.3 Å². The van der Waals surface area contributed by atoms with Crippen LogP contribution in [0.1, 0.15) is 31.0 Å². The fraction of sp³-hybridized carbons (Fsp3) is 0.538. The summed E-state index contributed by atoms with van der Waals surface area (Å²) in [5.41, 5.74) is -1.67. The zero-order chi connectivity index (χ0) is 14.8. The van der Waals surface area contributed by atoms with Gasteiger partial charge in [-0.05, 0) is 38.6 Å². The van der Waals surface area contributed by atoms with Gasteiger partial charge in [-0.25, -0.2) is 4.39 Å². The molecule has 0 aliphatic rings. The molecule has 0 aromatic heterocycles. The van der Waals surface area contributed by atoms with Gasteiger partial charge in [0, 0.05) is 7.11 Å². The molecule has 1 atom stereocenters. The Bertz CT molecular complexity index is 443. The van der Waals surface area contributed by atoms with Crippen LogP contribution in [0.4, 0.5) is 17.6 Å². The molecule has 1 unspecified atom stereocenters. The standard InChI is InChI=1S/C13H17F4NO/c1-12(2,19-4)11(18-3)8-5-6-10(14)9(7-8)13(15,16)17/h5-7,11,18H,1-4H3. The zero-order valence-electron chi connectivity index (χ0n) is 11.2. The van der Waals surface area contributed by atoms with Crippen molar-refractivity contribution in [2.75, 3.05) is 14.2 Å². The van der Waals surface area contributed by atoms with E-state index < -0.39 is 29.2 Å². The van der Waals surface area contributed by atoms with Crippen molar-refractivity contribution in [3.63, 3.8) is 0 Å². The summed E-state index contributed by atoms with van der Waals surface area (Å²) < 4.78 is 56.6. The van der Waals surface area contributed by atoms with Gasteiger partial charge in [0.15, 0.2) is 0 Å². The predicted octanol–water partition coefficient (Wildman–Crippen LogP) is 3.53. The monoisotopic (exact) mass is 279 g/mol. The number of halogens is 4. The topological polar surface area (TPSA) is 21.3 Å². The molecule has 1 aromatic carbocycles. The van der Waals surface area contributed by atoms with Crippen LogP contribution in [0.5, 0.6) is 0 Å². The Balaban J connectivity index is 3.28. The Kier molecular flexibility index (Phi) is 4.58. The summed E-state index contributed by atoms with van der Waals surface area (Å²) in [6.07, 6.45) is -4.71. The molecular weight excluding hydrogens is 262 g/mol. The Morgan fingerprint density at radius 3 is 2.21 bits per heavy atom. The van der Waals surface area contributed by atoms with Crippen LogP contribution in [0.3, 0.4) is 0 Å². The van der Waals surface area contributed by atoms with Gasteiger partial charge in [-0.3, -0.25) is 0 Å². The maximum atomic E-state index is 13.2. The first-order valence-corrected chi connectivity index (χ1v) is 5.72. The van der Waals surface area contributed by atoms with Crippen LogP contribution in [0.25, 0.3) is 0 Å². The molecule has 0 saturated carbocycles. The summed E-state index contributed by atoms with van der Waals surface area (Å²) in [5.74, 6) is -1.28. The number of hydrogen-bond acceptors (Lipinski definition) is 2. The molecule has 0 aliphatic heterocycles. The quantitative estimate of drug-likeness (QED) is 0.851. The summed E-state index contributed by atoms with van der Waals surface area (Å²) in [6.45, 7) is 3.48. The second-order valence-corrected chi connectivity index (χ2v) is 4.77. The van der Waals surface area contributed by atoms with E-state index >= 15 is 0 Å². The highest BCUT2D eigenvalue weighted by Gasteiger charge is 2.36. The van der Waals surface area contributed by atoms with Crippen LogP contribution < -0.4 is 5.32 Å². The third-order valence-corrected chi connectivity index (χ3v) is 3.14. The number of likely N-dealkylation sites (N-methyl/N-ethyl adjacent to an activating group) is 1. The number of rotatable bonds is 4. The summed E-state index contributed by atoms with van der Waals surface area (Å²) in [7, 11) is 3.08. The summed E-state index contributed by atoms with van der Waals surface area (Å²) >= 11 is 0. The number of hydrogen-bond donors (Lipinski definition) is 1. The van der Waals surface area contributed by atoms with Crippen LogP contribution in [0.15, 0.2) is 18.2 Å². The van der Waals surface area contributed by atoms with Crippen molar-refractivity contribution in [1.82, 2.24) is 5.32 Å². The normalized spacial score (nSPS) is 14.5. The molecule has 108 valence electrons. The van der Waals surface area contributed by atoms with E-state index in [4.69, 9.17) is 4.74 Å². The van der Waals surface area contributed by atoms with Gasteiger partial charge in [0.1, 0.15) is 5.82 Å². The fourth-order valence-corrected chi connectivity index (χ4v) is 1.97. The molecule has 2 nitrogen and oxygen atoms in total. The van der Waals surface area contributed by atoms with Crippen molar-refractivity contribution in [2.45, 2.75) is 31.7 Å². The molecule has 19 heavy (non-hydrogen) atoms. The second-order valence-electron chi connectivity index (χ2n) is 4.77. The molecule has 0 heterocycles. The number of alkyl halides is 3.